The van der Waals surface area contributed by atoms with Crippen LogP contribution in [0.3, 0.4) is 0 Å². The van der Waals surface area contributed by atoms with E-state index in [1.807, 2.05) is 32.2 Å². The number of thiophene rings is 1. The molecule has 1 amide bonds. The van der Waals surface area contributed by atoms with Gasteiger partial charge in [-0.2, -0.15) is 0 Å². The van der Waals surface area contributed by atoms with Crippen molar-refractivity contribution in [1.29, 1.82) is 0 Å². The second-order valence-corrected chi connectivity index (χ2v) is 6.22. The molecule has 3 nitrogen and oxygen atoms in total. The summed E-state index contributed by atoms with van der Waals surface area (Å²) in [4.78, 5) is 23.9. The van der Waals surface area contributed by atoms with Crippen molar-refractivity contribution in [3.05, 3.63) is 20.8 Å². The Labute approximate surface area is 107 Å². The number of rotatable bonds is 3. The Morgan fingerprint density at radius 1 is 1.44 bits per heavy atom. The summed E-state index contributed by atoms with van der Waals surface area (Å²) in [6.07, 6.45) is 0. The third kappa shape index (κ3) is 3.42. The number of carbonyl (C=O) groups excluding carboxylic acids is 2. The fourth-order valence-electron chi connectivity index (χ4n) is 0.962. The lowest BCUT2D eigenvalue weighted by Crippen LogP contribution is -2.35. The van der Waals surface area contributed by atoms with Gasteiger partial charge in [-0.3, -0.25) is 9.59 Å². The van der Waals surface area contributed by atoms with Crippen LogP contribution in [-0.2, 0) is 4.79 Å². The quantitative estimate of drug-likeness (QED) is 0.933. The molecule has 0 atom stereocenters. The summed E-state index contributed by atoms with van der Waals surface area (Å²) < 4.78 is 0.762. The van der Waals surface area contributed by atoms with E-state index in [9.17, 15) is 9.59 Å². The summed E-state index contributed by atoms with van der Waals surface area (Å²) in [6.45, 7) is 5.58. The van der Waals surface area contributed by atoms with Crippen LogP contribution in [0.5, 0.6) is 0 Å². The van der Waals surface area contributed by atoms with E-state index in [-0.39, 0.29) is 18.2 Å². The zero-order valence-electron chi connectivity index (χ0n) is 9.46. The van der Waals surface area contributed by atoms with E-state index in [1.54, 1.807) is 0 Å². The molecule has 16 heavy (non-hydrogen) atoms. The Kier molecular flexibility index (Phi) is 4.27. The first-order valence-electron chi connectivity index (χ1n) is 4.87. The lowest BCUT2D eigenvalue weighted by atomic mass is 9.91. The highest BCUT2D eigenvalue weighted by Crippen LogP contribution is 2.22. The fraction of sp³-hybridized carbons (Fsp3) is 0.455. The monoisotopic (exact) mass is 303 g/mol. The van der Waals surface area contributed by atoms with Gasteiger partial charge in [0.05, 0.1) is 6.54 Å². The molecular weight excluding hydrogens is 290 g/mol. The topological polar surface area (TPSA) is 46.2 Å². The summed E-state index contributed by atoms with van der Waals surface area (Å²) in [5, 5.41) is 4.45. The molecule has 0 aromatic carbocycles. The van der Waals surface area contributed by atoms with Crippen molar-refractivity contribution in [1.82, 2.24) is 5.32 Å². The number of halogens is 1. The van der Waals surface area contributed by atoms with Crippen LogP contribution in [0.2, 0.25) is 0 Å². The van der Waals surface area contributed by atoms with Crippen LogP contribution in [0.25, 0.3) is 0 Å². The van der Waals surface area contributed by atoms with Gasteiger partial charge in [0.25, 0.3) is 5.91 Å². The van der Waals surface area contributed by atoms with Gasteiger partial charge in [-0.15, -0.1) is 11.3 Å². The maximum atomic E-state index is 11.7. The van der Waals surface area contributed by atoms with Crippen LogP contribution in [-0.4, -0.2) is 18.2 Å². The van der Waals surface area contributed by atoms with Crippen LogP contribution in [0.15, 0.2) is 15.9 Å². The number of carbonyl (C=O) groups is 2. The van der Waals surface area contributed by atoms with Gasteiger partial charge in [0.15, 0.2) is 5.78 Å². The molecule has 0 unspecified atom stereocenters. The summed E-state index contributed by atoms with van der Waals surface area (Å²) >= 11 is 4.62. The Morgan fingerprint density at radius 3 is 2.50 bits per heavy atom. The number of nitrogens with one attached hydrogen (secondary N) is 1. The minimum Gasteiger partial charge on any atom is -0.344 e. The molecule has 1 heterocycles. The molecule has 1 aromatic rings. The first-order valence-corrected chi connectivity index (χ1v) is 6.54. The molecule has 0 spiro atoms. The zero-order chi connectivity index (χ0) is 12.3. The first-order chi connectivity index (χ1) is 7.32. The van der Waals surface area contributed by atoms with Crippen molar-refractivity contribution in [2.24, 2.45) is 5.41 Å². The molecule has 1 rings (SSSR count). The maximum Gasteiger partial charge on any atom is 0.262 e. The third-order valence-corrected chi connectivity index (χ3v) is 3.91. The molecule has 0 saturated heterocycles. The number of amides is 1. The molecule has 0 bridgehead atoms. The molecule has 0 aliphatic heterocycles. The van der Waals surface area contributed by atoms with Crippen molar-refractivity contribution in [2.75, 3.05) is 6.54 Å². The van der Waals surface area contributed by atoms with Gasteiger partial charge >= 0.3 is 0 Å². The number of Topliss-reactive ketones (excluding diaryl/α,β-unsaturated/α-hetero) is 1. The predicted octanol–water partition coefficient (Wildman–Crippen LogP) is 2.86. The summed E-state index contributed by atoms with van der Waals surface area (Å²) in [5.74, 6) is -0.187. The summed E-state index contributed by atoms with van der Waals surface area (Å²) in [5.41, 5.74) is -0.417. The van der Waals surface area contributed by atoms with Crippen molar-refractivity contribution in [2.45, 2.75) is 20.8 Å². The zero-order valence-corrected chi connectivity index (χ0v) is 11.9. The van der Waals surface area contributed by atoms with E-state index in [0.29, 0.717) is 4.88 Å². The highest BCUT2D eigenvalue weighted by Gasteiger charge is 2.22. The van der Waals surface area contributed by atoms with Gasteiger partial charge in [0, 0.05) is 9.89 Å². The van der Waals surface area contributed by atoms with Gasteiger partial charge in [-0.25, -0.2) is 0 Å². The van der Waals surface area contributed by atoms with Crippen LogP contribution in [0.4, 0.5) is 0 Å². The van der Waals surface area contributed by atoms with Gasteiger partial charge in [-0.1, -0.05) is 20.8 Å². The number of hydrogen-bond donors (Lipinski definition) is 1. The fourth-order valence-corrected chi connectivity index (χ4v) is 2.43. The van der Waals surface area contributed by atoms with Crippen molar-refractivity contribution in [3.8, 4) is 0 Å². The summed E-state index contributed by atoms with van der Waals surface area (Å²) in [6, 6.07) is 1.81. The Morgan fingerprint density at radius 2 is 2.06 bits per heavy atom. The molecule has 0 radical (unpaired) electrons. The molecule has 0 aliphatic rings. The lowest BCUT2D eigenvalue weighted by molar-refractivity contribution is -0.125. The van der Waals surface area contributed by atoms with Crippen molar-refractivity contribution >= 4 is 39.0 Å². The van der Waals surface area contributed by atoms with E-state index in [2.05, 4.69) is 21.2 Å². The lowest BCUT2D eigenvalue weighted by Gasteiger charge is -2.16. The highest BCUT2D eigenvalue weighted by molar-refractivity contribution is 9.10. The molecule has 5 heteroatoms. The Balaban J connectivity index is 2.55. The number of ketones is 1. The van der Waals surface area contributed by atoms with E-state index >= 15 is 0 Å². The minimum atomic E-state index is -0.417. The van der Waals surface area contributed by atoms with Crippen molar-refractivity contribution < 1.29 is 9.59 Å². The third-order valence-electron chi connectivity index (χ3n) is 2.07. The van der Waals surface area contributed by atoms with Crippen LogP contribution < -0.4 is 5.32 Å². The van der Waals surface area contributed by atoms with Gasteiger partial charge in [-0.05, 0) is 27.4 Å². The first kappa shape index (κ1) is 13.4. The molecule has 88 valence electrons. The standard InChI is InChI=1S/C11H14BrNO2S/c1-11(2,3)8(14)6-13-10(15)9-7(12)4-5-16-9/h4-5H,6H2,1-3H3,(H,13,15). The van der Waals surface area contributed by atoms with Gasteiger partial charge in [0.2, 0.25) is 0 Å². The second-order valence-electron chi connectivity index (χ2n) is 4.45. The largest absolute Gasteiger partial charge is 0.344 e. The van der Waals surface area contributed by atoms with Crippen LogP contribution in [0, 0.1) is 5.41 Å². The normalized spacial score (nSPS) is 11.2. The average molecular weight is 304 g/mol. The van der Waals surface area contributed by atoms with Crippen molar-refractivity contribution in [3.63, 3.8) is 0 Å². The molecule has 1 N–H and O–H groups in total. The molecule has 1 aromatic heterocycles. The van der Waals surface area contributed by atoms with Gasteiger partial charge < -0.3 is 5.32 Å². The average Bonchev–Trinajstić information content (AvgIpc) is 2.58. The SMILES string of the molecule is CC(C)(C)C(=O)CNC(=O)c1sccc1Br. The van der Waals surface area contributed by atoms with Crippen LogP contribution >= 0.6 is 27.3 Å². The summed E-state index contributed by atoms with van der Waals surface area (Å²) in [7, 11) is 0. The van der Waals surface area contributed by atoms with E-state index in [0.717, 1.165) is 4.47 Å². The van der Waals surface area contributed by atoms with E-state index in [4.69, 9.17) is 0 Å². The minimum absolute atomic E-state index is 0.0218. The molecule has 0 saturated carbocycles. The predicted molar refractivity (Wildman–Crippen MR) is 68.8 cm³/mol. The van der Waals surface area contributed by atoms with Crippen LogP contribution in [0.1, 0.15) is 30.4 Å². The molecular formula is C11H14BrNO2S. The number of hydrogen-bond acceptors (Lipinski definition) is 3. The van der Waals surface area contributed by atoms with Gasteiger partial charge in [0.1, 0.15) is 4.88 Å². The molecule has 0 aliphatic carbocycles. The smallest absolute Gasteiger partial charge is 0.262 e. The molecule has 0 fully saturated rings. The maximum absolute atomic E-state index is 11.7. The van der Waals surface area contributed by atoms with E-state index < -0.39 is 5.41 Å². The van der Waals surface area contributed by atoms with E-state index in [1.165, 1.54) is 11.3 Å². The Hall–Kier alpha value is -0.680. The Bertz CT molecular complexity index is 406. The second kappa shape index (κ2) is 5.10. The highest BCUT2D eigenvalue weighted by atomic mass is 79.9.